The van der Waals surface area contributed by atoms with E-state index in [4.69, 9.17) is 52.2 Å². The maximum Gasteiger partial charge on any atom is 0.408 e. The molecule has 4 saturated heterocycles. The van der Waals surface area contributed by atoms with E-state index in [-0.39, 0.29) is 43.9 Å². The molecule has 0 radical (unpaired) electrons. The minimum absolute atomic E-state index is 0.0472. The number of oxime groups is 1. The number of carbonyl (C=O) groups is 4. The zero-order chi connectivity index (χ0) is 57.9. The number of methoxy groups -OCH3 is 2. The molecule has 0 aliphatic carbocycles. The number of nitrogens with zero attached hydrogens (tertiary/aromatic N) is 1. The summed E-state index contributed by atoms with van der Waals surface area (Å²) in [5.41, 5.74) is -0.911. The smallest absolute Gasteiger partial charge is 0.408 e. The van der Waals surface area contributed by atoms with Crippen LogP contribution < -0.4 is 10.6 Å². The number of carboxylic acids is 1. The zero-order valence-corrected chi connectivity index (χ0v) is 48.8. The summed E-state index contributed by atoms with van der Waals surface area (Å²) in [5, 5.41) is 44.3. The molecule has 4 fully saturated rings. The minimum atomic E-state index is -1.97. The van der Waals surface area contributed by atoms with E-state index in [1.54, 1.807) is 55.4 Å². The molecular weight excluding hydrogens is 1010 g/mol. The van der Waals surface area contributed by atoms with Crippen molar-refractivity contribution < 1.29 is 86.7 Å². The van der Waals surface area contributed by atoms with Gasteiger partial charge >= 0.3 is 18.0 Å². The molecule has 5 rings (SSSR count). The van der Waals surface area contributed by atoms with Crippen LogP contribution in [0.15, 0.2) is 35.5 Å². The van der Waals surface area contributed by atoms with E-state index >= 15 is 9.59 Å². The molecule has 21 nitrogen and oxygen atoms in total. The molecule has 23 atom stereocenters. The molecule has 4 aliphatic heterocycles. The third-order valence-corrected chi connectivity index (χ3v) is 16.4. The van der Waals surface area contributed by atoms with Gasteiger partial charge in [0, 0.05) is 63.9 Å². The second-order valence-electron chi connectivity index (χ2n) is 23.2. The van der Waals surface area contributed by atoms with Gasteiger partial charge in [-0.15, -0.1) is 0 Å². The van der Waals surface area contributed by atoms with Gasteiger partial charge in [-0.1, -0.05) is 84.0 Å². The molecule has 21 heteroatoms. The maximum absolute atomic E-state index is 15.9. The molecule has 0 aromatic heterocycles. The SMILES string of the molecule is CO/N=C1\C[C@@H](C)O[C@@H](O[C@@H]2[C@@H](C)[C@H](O[C@H]3C[C@@H](C)NC[C@H](C)O3)[C@@H](C)C(=O)O[C@@H](C(C)CO[C@@H]3O[C@H](C)[C@@H](O)[C@@H](OC)[C@H]3OC)[C@@H](C)[C@@H](C(C(=O)O)C(C)C)[C@@H](C)C(=O)[C@@](C)(OC(=O)NCc3ccccc3)C[C@@H]2C)[C@@H]1O. The van der Waals surface area contributed by atoms with Gasteiger partial charge in [0.05, 0.1) is 54.7 Å². The Morgan fingerprint density at radius 3 is 2.12 bits per heavy atom. The molecule has 1 aromatic carbocycles. The fourth-order valence-corrected chi connectivity index (χ4v) is 12.3. The molecule has 0 saturated carbocycles. The Morgan fingerprint density at radius 2 is 1.50 bits per heavy atom. The van der Waals surface area contributed by atoms with E-state index in [0.717, 1.165) is 5.56 Å². The number of carbonyl (C=O) groups excluding carboxylic acids is 3. The average Bonchev–Trinajstić information content (AvgIpc) is 3.56. The molecule has 78 heavy (non-hydrogen) atoms. The summed E-state index contributed by atoms with van der Waals surface area (Å²) in [6.07, 6.45) is -12.5. The number of benzene rings is 1. The minimum Gasteiger partial charge on any atom is -0.481 e. The largest absolute Gasteiger partial charge is 0.481 e. The van der Waals surface area contributed by atoms with Crippen molar-refractivity contribution in [3.8, 4) is 0 Å². The first-order valence-electron chi connectivity index (χ1n) is 27.9. The number of Topliss-reactive ketones (excluding diaryl/α,β-unsaturated/α-hetero) is 1. The fourth-order valence-electron chi connectivity index (χ4n) is 12.3. The van der Waals surface area contributed by atoms with Crippen molar-refractivity contribution in [3.05, 3.63) is 35.9 Å². The first-order valence-corrected chi connectivity index (χ1v) is 27.9. The van der Waals surface area contributed by atoms with E-state index in [1.165, 1.54) is 28.3 Å². The van der Waals surface area contributed by atoms with E-state index in [2.05, 4.69) is 15.8 Å². The Kier molecular flexibility index (Phi) is 24.3. The standard InChI is InChI=1S/C57H93N3O18/c1-28(2)42(52(64)65)43-34(8)47(30(4)27-71-55-50(69-15)49(68-14)44(61)38(12)74-55)76-53(66)37(11)48(75-41-22-31(5)58-25-33(7)72-41)36(10)46(77-54-45(62)40(60-70-16)23-32(6)73-54)29(3)24-57(13,51(63)35(43)9)78-56(67)59-26-39-20-18-17-19-21-39/h17-21,28-38,41-50,54-55,58,61-62H,22-27H2,1-16H3,(H,59,67)(H,64,65)/b60-40+/t29-,30?,31+,32+,33-,34-,35+,36+,37+,38+,41-,42?,43+,44+,45+,46-,47-,48-,49+,50+,54-,55+,57-/m0/s1. The van der Waals surface area contributed by atoms with E-state index in [0.29, 0.717) is 13.0 Å². The highest BCUT2D eigenvalue weighted by Gasteiger charge is 2.54. The maximum atomic E-state index is 15.9. The number of hydrogen-bond donors (Lipinski definition) is 5. The number of cyclic esters (lactones) is 1. The van der Waals surface area contributed by atoms with Crippen LogP contribution in [-0.4, -0.2) is 171 Å². The first kappa shape index (κ1) is 64.9. The molecule has 0 spiro atoms. The molecule has 4 heterocycles. The van der Waals surface area contributed by atoms with Crippen LogP contribution in [0.2, 0.25) is 0 Å². The number of ketones is 1. The summed E-state index contributed by atoms with van der Waals surface area (Å²) in [7, 11) is 4.27. The lowest BCUT2D eigenvalue weighted by Gasteiger charge is -2.46. The number of esters is 1. The Labute approximate surface area is 461 Å². The summed E-state index contributed by atoms with van der Waals surface area (Å²) < 4.78 is 63.8. The van der Waals surface area contributed by atoms with Crippen molar-refractivity contribution in [2.75, 3.05) is 34.5 Å². The molecule has 2 unspecified atom stereocenters. The normalized spacial score (nSPS) is 40.0. The molecular formula is C57H93N3O18. The van der Waals surface area contributed by atoms with Gasteiger partial charge in [0.15, 0.2) is 30.3 Å². The van der Waals surface area contributed by atoms with Gasteiger partial charge in [0.25, 0.3) is 0 Å². The highest BCUT2D eigenvalue weighted by Crippen LogP contribution is 2.44. The highest BCUT2D eigenvalue weighted by atomic mass is 16.7. The predicted octanol–water partition coefficient (Wildman–Crippen LogP) is 5.88. The van der Waals surface area contributed by atoms with Crippen LogP contribution in [-0.2, 0) is 73.1 Å². The molecule has 1 amide bonds. The first-order chi connectivity index (χ1) is 36.8. The second-order valence-corrected chi connectivity index (χ2v) is 23.2. The van der Waals surface area contributed by atoms with Crippen LogP contribution in [0.1, 0.15) is 115 Å². The van der Waals surface area contributed by atoms with Crippen LogP contribution in [0.3, 0.4) is 0 Å². The third kappa shape index (κ3) is 16.2. The van der Waals surface area contributed by atoms with Gasteiger partial charge in [-0.2, -0.15) is 0 Å². The van der Waals surface area contributed by atoms with Crippen molar-refractivity contribution in [3.63, 3.8) is 0 Å². The second kappa shape index (κ2) is 29.2. The molecule has 1 aromatic rings. The Morgan fingerprint density at radius 1 is 0.833 bits per heavy atom. The van der Waals surface area contributed by atoms with Crippen LogP contribution in [0, 0.1) is 53.3 Å². The molecule has 5 N–H and O–H groups in total. The lowest BCUT2D eigenvalue weighted by molar-refractivity contribution is -0.305. The lowest BCUT2D eigenvalue weighted by Crippen LogP contribution is -2.59. The van der Waals surface area contributed by atoms with Crippen molar-refractivity contribution in [1.82, 2.24) is 10.6 Å². The van der Waals surface area contributed by atoms with Gasteiger partial charge in [0.2, 0.25) is 0 Å². The van der Waals surface area contributed by atoms with Crippen LogP contribution in [0.5, 0.6) is 0 Å². The number of aliphatic hydroxyl groups is 2. The van der Waals surface area contributed by atoms with Gasteiger partial charge in [-0.3, -0.25) is 14.4 Å². The summed E-state index contributed by atoms with van der Waals surface area (Å²) in [5.74, 6) is -10.6. The number of ether oxygens (including phenoxy) is 10. The van der Waals surface area contributed by atoms with Gasteiger partial charge in [0.1, 0.15) is 37.6 Å². The predicted molar refractivity (Wildman–Crippen MR) is 286 cm³/mol. The number of rotatable bonds is 17. The van der Waals surface area contributed by atoms with E-state index in [9.17, 15) is 24.9 Å². The van der Waals surface area contributed by atoms with Crippen LogP contribution in [0.25, 0.3) is 0 Å². The molecule has 0 bridgehead atoms. The number of carboxylic acid groups (broad SMARTS) is 1. The van der Waals surface area contributed by atoms with E-state index < -0.39 is 156 Å². The van der Waals surface area contributed by atoms with Crippen molar-refractivity contribution in [1.29, 1.82) is 0 Å². The van der Waals surface area contributed by atoms with Gasteiger partial charge in [-0.05, 0) is 77.2 Å². The van der Waals surface area contributed by atoms with Crippen molar-refractivity contribution in [2.24, 2.45) is 58.4 Å². The summed E-state index contributed by atoms with van der Waals surface area (Å²) in [6, 6.07) is 9.14. The Bertz CT molecular complexity index is 2090. The number of alkyl carbamates (subject to hydrolysis) is 1. The van der Waals surface area contributed by atoms with Gasteiger partial charge in [-0.25, -0.2) is 4.79 Å². The number of aliphatic hydroxyl groups excluding tert-OH is 2. The quantitative estimate of drug-likeness (QED) is 0.0900. The Hall–Kier alpha value is -3.87. The van der Waals surface area contributed by atoms with E-state index in [1.807, 2.05) is 58.0 Å². The third-order valence-electron chi connectivity index (χ3n) is 16.4. The van der Waals surface area contributed by atoms with Crippen LogP contribution in [0.4, 0.5) is 4.79 Å². The van der Waals surface area contributed by atoms with Crippen molar-refractivity contribution >= 4 is 29.5 Å². The van der Waals surface area contributed by atoms with Gasteiger partial charge < -0.3 is 78.2 Å². The molecule has 444 valence electrons. The number of hydrogen-bond acceptors (Lipinski definition) is 19. The highest BCUT2D eigenvalue weighted by molar-refractivity contribution is 5.92. The summed E-state index contributed by atoms with van der Waals surface area (Å²) >= 11 is 0. The lowest BCUT2D eigenvalue weighted by atomic mass is 9.64. The number of aliphatic carboxylic acids is 1. The summed E-state index contributed by atoms with van der Waals surface area (Å²) in [4.78, 5) is 64.4. The average molecular weight is 1110 g/mol. The number of nitrogens with one attached hydrogen (secondary N) is 2. The fraction of sp³-hybridized carbons (Fsp3) is 0.807. The Balaban J connectivity index is 1.72. The topological polar surface area (TPSA) is 267 Å². The van der Waals surface area contributed by atoms with Crippen LogP contribution >= 0.6 is 0 Å². The number of amides is 1. The monoisotopic (exact) mass is 1110 g/mol. The van der Waals surface area contributed by atoms with Crippen molar-refractivity contribution in [2.45, 2.75) is 207 Å². The summed E-state index contributed by atoms with van der Waals surface area (Å²) in [6.45, 7) is 23.5. The molecule has 4 aliphatic rings. The zero-order valence-electron chi connectivity index (χ0n) is 48.8.